The number of benzene rings is 1. The summed E-state index contributed by atoms with van der Waals surface area (Å²) < 4.78 is 3.02. The van der Waals surface area contributed by atoms with Gasteiger partial charge in [-0.25, -0.2) is 4.79 Å². The fourth-order valence-corrected chi connectivity index (χ4v) is 2.33. The van der Waals surface area contributed by atoms with Crippen molar-refractivity contribution >= 4 is 11.6 Å². The first-order valence-electron chi connectivity index (χ1n) is 7.18. The van der Waals surface area contributed by atoms with Gasteiger partial charge in [-0.2, -0.15) is 4.80 Å². The smallest absolute Gasteiger partial charge is 0.291 e. The van der Waals surface area contributed by atoms with E-state index in [9.17, 15) is 4.79 Å². The monoisotopic (exact) mass is 332 g/mol. The Hall–Kier alpha value is -2.41. The molecule has 8 heteroatoms. The standard InChI is InChI=1S/C15H17ClN6O/c1-15(2,3)22-18-13(17-19-22)10-20-8-9-21(14(20)23)12-7-5-4-6-11(12)16/h4-9H,10H2,1-3H3. The van der Waals surface area contributed by atoms with Crippen molar-refractivity contribution in [3.8, 4) is 5.69 Å². The van der Waals surface area contributed by atoms with Crippen molar-refractivity contribution in [2.75, 3.05) is 0 Å². The van der Waals surface area contributed by atoms with Crippen molar-refractivity contribution in [2.45, 2.75) is 32.9 Å². The molecule has 0 spiro atoms. The Labute approximate surface area is 138 Å². The van der Waals surface area contributed by atoms with Crippen molar-refractivity contribution in [3.63, 3.8) is 0 Å². The molecule has 120 valence electrons. The summed E-state index contributed by atoms with van der Waals surface area (Å²) in [6, 6.07) is 7.20. The van der Waals surface area contributed by atoms with Crippen LogP contribution < -0.4 is 5.69 Å². The lowest BCUT2D eigenvalue weighted by molar-refractivity contribution is 0.305. The average Bonchev–Trinajstić information content (AvgIpc) is 3.08. The van der Waals surface area contributed by atoms with E-state index >= 15 is 0 Å². The first-order chi connectivity index (χ1) is 10.9. The molecule has 2 heterocycles. The zero-order chi connectivity index (χ0) is 16.6. The predicted molar refractivity (Wildman–Crippen MR) is 87.0 cm³/mol. The second kappa shape index (κ2) is 5.66. The first kappa shape index (κ1) is 15.5. The fraction of sp³-hybridized carbons (Fsp3) is 0.333. The van der Waals surface area contributed by atoms with E-state index < -0.39 is 0 Å². The Morgan fingerprint density at radius 3 is 2.57 bits per heavy atom. The van der Waals surface area contributed by atoms with Crippen LogP contribution in [0.1, 0.15) is 26.6 Å². The highest BCUT2D eigenvalue weighted by molar-refractivity contribution is 6.32. The number of rotatable bonds is 3. The van der Waals surface area contributed by atoms with Gasteiger partial charge in [0.25, 0.3) is 0 Å². The molecule has 0 aliphatic heterocycles. The molecule has 0 bridgehead atoms. The maximum Gasteiger partial charge on any atom is 0.333 e. The van der Waals surface area contributed by atoms with E-state index in [-0.39, 0.29) is 17.8 Å². The molecule has 0 fully saturated rings. The zero-order valence-electron chi connectivity index (χ0n) is 13.1. The topological polar surface area (TPSA) is 70.5 Å². The molecule has 0 saturated carbocycles. The van der Waals surface area contributed by atoms with Crippen molar-refractivity contribution < 1.29 is 0 Å². The number of hydrogen-bond acceptors (Lipinski definition) is 4. The summed E-state index contributed by atoms with van der Waals surface area (Å²) in [6.07, 6.45) is 3.36. The van der Waals surface area contributed by atoms with Gasteiger partial charge in [0.05, 0.1) is 22.8 Å². The molecule has 3 rings (SSSR count). The number of nitrogens with zero attached hydrogens (tertiary/aromatic N) is 6. The summed E-state index contributed by atoms with van der Waals surface area (Å²) in [7, 11) is 0. The van der Waals surface area contributed by atoms with Gasteiger partial charge in [0.1, 0.15) is 0 Å². The maximum absolute atomic E-state index is 12.5. The molecule has 7 nitrogen and oxygen atoms in total. The molecule has 0 amide bonds. The lowest BCUT2D eigenvalue weighted by Crippen LogP contribution is -2.25. The normalized spacial score (nSPS) is 11.8. The molecule has 0 aliphatic carbocycles. The van der Waals surface area contributed by atoms with Crippen LogP contribution in [0.5, 0.6) is 0 Å². The summed E-state index contributed by atoms with van der Waals surface area (Å²) in [6.45, 7) is 6.21. The van der Waals surface area contributed by atoms with E-state index in [1.165, 1.54) is 9.13 Å². The largest absolute Gasteiger partial charge is 0.333 e. The predicted octanol–water partition coefficient (Wildman–Crippen LogP) is 2.08. The van der Waals surface area contributed by atoms with Crippen molar-refractivity contribution in [2.24, 2.45) is 0 Å². The Morgan fingerprint density at radius 2 is 1.91 bits per heavy atom. The van der Waals surface area contributed by atoms with Gasteiger partial charge in [-0.05, 0) is 38.1 Å². The molecule has 3 aromatic rings. The SMILES string of the molecule is CC(C)(C)n1nnc(Cn2ccn(-c3ccccc3Cl)c2=O)n1. The van der Waals surface area contributed by atoms with Crippen LogP contribution in [0, 0.1) is 0 Å². The first-order valence-corrected chi connectivity index (χ1v) is 7.56. The third-order valence-electron chi connectivity index (χ3n) is 3.33. The lowest BCUT2D eigenvalue weighted by Gasteiger charge is -2.15. The summed E-state index contributed by atoms with van der Waals surface area (Å²) in [4.78, 5) is 14.1. The van der Waals surface area contributed by atoms with Gasteiger partial charge < -0.3 is 0 Å². The maximum atomic E-state index is 12.5. The molecular formula is C15H17ClN6O. The van der Waals surface area contributed by atoms with E-state index in [0.717, 1.165) is 0 Å². The van der Waals surface area contributed by atoms with Gasteiger partial charge in [-0.1, -0.05) is 23.7 Å². The van der Waals surface area contributed by atoms with Crippen LogP contribution in [0.2, 0.25) is 5.02 Å². The van der Waals surface area contributed by atoms with Gasteiger partial charge in [0, 0.05) is 12.4 Å². The van der Waals surface area contributed by atoms with Crippen LogP contribution in [-0.4, -0.2) is 29.3 Å². The molecular weight excluding hydrogens is 316 g/mol. The van der Waals surface area contributed by atoms with E-state index in [2.05, 4.69) is 15.4 Å². The molecule has 0 atom stereocenters. The number of hydrogen-bond donors (Lipinski definition) is 0. The molecule has 0 saturated heterocycles. The number of imidazole rings is 1. The van der Waals surface area contributed by atoms with Crippen LogP contribution in [0.4, 0.5) is 0 Å². The summed E-state index contributed by atoms with van der Waals surface area (Å²) >= 11 is 6.15. The van der Waals surface area contributed by atoms with Gasteiger partial charge in [0.2, 0.25) is 0 Å². The Bertz CT molecular complexity index is 886. The number of para-hydroxylation sites is 1. The third kappa shape index (κ3) is 3.05. The van der Waals surface area contributed by atoms with Crippen LogP contribution >= 0.6 is 11.6 Å². The second-order valence-electron chi connectivity index (χ2n) is 6.20. The highest BCUT2D eigenvalue weighted by Crippen LogP contribution is 2.18. The summed E-state index contributed by atoms with van der Waals surface area (Å²) in [5.74, 6) is 0.485. The van der Waals surface area contributed by atoms with E-state index in [1.807, 2.05) is 32.9 Å². The van der Waals surface area contributed by atoms with E-state index in [1.54, 1.807) is 29.3 Å². The highest BCUT2D eigenvalue weighted by atomic mass is 35.5. The van der Waals surface area contributed by atoms with E-state index in [4.69, 9.17) is 11.6 Å². The summed E-state index contributed by atoms with van der Waals surface area (Å²) in [5, 5.41) is 12.9. The van der Waals surface area contributed by atoms with Crippen molar-refractivity contribution in [1.29, 1.82) is 0 Å². The van der Waals surface area contributed by atoms with Gasteiger partial charge >= 0.3 is 5.69 Å². The summed E-state index contributed by atoms with van der Waals surface area (Å²) in [5.41, 5.74) is 0.189. The number of aromatic nitrogens is 6. The molecule has 0 radical (unpaired) electrons. The highest BCUT2D eigenvalue weighted by Gasteiger charge is 2.17. The molecule has 23 heavy (non-hydrogen) atoms. The van der Waals surface area contributed by atoms with Gasteiger partial charge in [-0.3, -0.25) is 9.13 Å². The Balaban J connectivity index is 1.90. The molecule has 0 unspecified atom stereocenters. The molecule has 2 aromatic heterocycles. The lowest BCUT2D eigenvalue weighted by atomic mass is 10.1. The van der Waals surface area contributed by atoms with Crippen LogP contribution in [0.25, 0.3) is 5.69 Å². The average molecular weight is 333 g/mol. The quantitative estimate of drug-likeness (QED) is 0.736. The van der Waals surface area contributed by atoms with Crippen LogP contribution in [0.15, 0.2) is 41.5 Å². The molecule has 0 N–H and O–H groups in total. The van der Waals surface area contributed by atoms with Crippen molar-refractivity contribution in [1.82, 2.24) is 29.3 Å². The molecule has 1 aromatic carbocycles. The minimum absolute atomic E-state index is 0.204. The van der Waals surface area contributed by atoms with Gasteiger partial charge in [0.15, 0.2) is 5.82 Å². The fourth-order valence-electron chi connectivity index (χ4n) is 2.11. The zero-order valence-corrected chi connectivity index (χ0v) is 13.9. The molecule has 0 aliphatic rings. The number of tetrazole rings is 1. The van der Waals surface area contributed by atoms with Gasteiger partial charge in [-0.15, -0.1) is 10.2 Å². The third-order valence-corrected chi connectivity index (χ3v) is 3.65. The van der Waals surface area contributed by atoms with Crippen molar-refractivity contribution in [3.05, 3.63) is 58.0 Å². The number of halogens is 1. The van der Waals surface area contributed by atoms with Crippen LogP contribution in [-0.2, 0) is 12.1 Å². The van der Waals surface area contributed by atoms with Crippen LogP contribution in [0.3, 0.4) is 0 Å². The second-order valence-corrected chi connectivity index (χ2v) is 6.60. The Morgan fingerprint density at radius 1 is 1.17 bits per heavy atom. The van der Waals surface area contributed by atoms with E-state index in [0.29, 0.717) is 16.5 Å². The minimum atomic E-state index is -0.250. The minimum Gasteiger partial charge on any atom is -0.291 e. The Kier molecular flexibility index (Phi) is 3.81.